The summed E-state index contributed by atoms with van der Waals surface area (Å²) in [5.41, 5.74) is -1.64. The zero-order chi connectivity index (χ0) is 30.6. The van der Waals surface area contributed by atoms with E-state index in [4.69, 9.17) is 0 Å². The number of imide groups is 1. The summed E-state index contributed by atoms with van der Waals surface area (Å²) in [7, 11) is 0. The number of hydrogen-bond donors (Lipinski definition) is 2. The highest BCUT2D eigenvalue weighted by Gasteiger charge is 2.42. The molecule has 4 rings (SSSR count). The molecular formula is C29H27N5O7. The van der Waals surface area contributed by atoms with Gasteiger partial charge in [-0.25, -0.2) is 0 Å². The van der Waals surface area contributed by atoms with Gasteiger partial charge in [-0.05, 0) is 71.9 Å². The van der Waals surface area contributed by atoms with Crippen molar-refractivity contribution in [2.45, 2.75) is 52.6 Å². The monoisotopic (exact) mass is 557 g/mol. The molecule has 0 fully saturated rings. The third-order valence-electron chi connectivity index (χ3n) is 6.56. The number of hydrogen-bond acceptors (Lipinski definition) is 8. The molecule has 0 unspecified atom stereocenters. The summed E-state index contributed by atoms with van der Waals surface area (Å²) >= 11 is 0. The number of nitriles is 1. The molecule has 12 heteroatoms. The number of aromatic nitrogens is 1. The number of benzene rings is 2. The van der Waals surface area contributed by atoms with Crippen LogP contribution >= 0.6 is 0 Å². The summed E-state index contributed by atoms with van der Waals surface area (Å²) in [4.78, 5) is 64.9. The van der Waals surface area contributed by atoms with Crippen molar-refractivity contribution in [3.05, 3.63) is 58.7 Å². The number of aromatic hydroxyl groups is 2. The van der Waals surface area contributed by atoms with Gasteiger partial charge in [0, 0.05) is 33.0 Å². The number of Topliss-reactive ketones (excluding diaryl/α,β-unsaturated/α-hetero) is 1. The van der Waals surface area contributed by atoms with Gasteiger partial charge in [-0.2, -0.15) is 5.26 Å². The Morgan fingerprint density at radius 3 is 1.98 bits per heavy atom. The van der Waals surface area contributed by atoms with Crippen LogP contribution in [-0.2, 0) is 10.3 Å². The predicted molar refractivity (Wildman–Crippen MR) is 145 cm³/mol. The first kappa shape index (κ1) is 28.8. The van der Waals surface area contributed by atoms with E-state index in [0.29, 0.717) is 0 Å². The first-order valence-electron chi connectivity index (χ1n) is 12.5. The SMILES string of the molecule is CC(C)(C)N1C(=O)c2ccc(C(=O)[C@H](C#N)C(=O)N=NC(=O)c3ccc4c(O)n(C(C)(C)C)c(O)c4c3)cc2C1=O. The second-order valence-electron chi connectivity index (χ2n) is 11.6. The quantitative estimate of drug-likeness (QED) is 0.205. The molecular weight excluding hydrogens is 530 g/mol. The molecule has 0 saturated heterocycles. The van der Waals surface area contributed by atoms with Gasteiger partial charge < -0.3 is 10.2 Å². The lowest BCUT2D eigenvalue weighted by molar-refractivity contribution is -0.119. The first-order valence-corrected chi connectivity index (χ1v) is 12.5. The molecule has 0 spiro atoms. The van der Waals surface area contributed by atoms with E-state index < -0.39 is 46.4 Å². The molecule has 1 atom stereocenters. The van der Waals surface area contributed by atoms with Crippen molar-refractivity contribution in [3.8, 4) is 17.8 Å². The molecule has 2 heterocycles. The number of azo groups is 1. The Morgan fingerprint density at radius 1 is 0.805 bits per heavy atom. The highest BCUT2D eigenvalue weighted by molar-refractivity contribution is 6.23. The van der Waals surface area contributed by atoms with E-state index >= 15 is 0 Å². The predicted octanol–water partition coefficient (Wildman–Crippen LogP) is 4.34. The topological polar surface area (TPSA) is 182 Å². The van der Waals surface area contributed by atoms with Crippen molar-refractivity contribution in [1.82, 2.24) is 9.47 Å². The van der Waals surface area contributed by atoms with E-state index in [1.54, 1.807) is 47.6 Å². The van der Waals surface area contributed by atoms with E-state index in [9.17, 15) is 39.4 Å². The van der Waals surface area contributed by atoms with Crippen LogP contribution in [0.1, 0.15) is 83.0 Å². The second-order valence-corrected chi connectivity index (χ2v) is 11.6. The molecule has 0 bridgehead atoms. The Balaban J connectivity index is 1.56. The zero-order valence-corrected chi connectivity index (χ0v) is 23.2. The molecule has 4 amide bonds. The summed E-state index contributed by atoms with van der Waals surface area (Å²) in [6, 6.07) is 9.22. The van der Waals surface area contributed by atoms with Gasteiger partial charge in [-0.3, -0.25) is 33.4 Å². The maximum atomic E-state index is 13.0. The van der Waals surface area contributed by atoms with Gasteiger partial charge in [0.15, 0.2) is 11.7 Å². The van der Waals surface area contributed by atoms with Crippen molar-refractivity contribution >= 4 is 40.2 Å². The number of rotatable bonds is 4. The van der Waals surface area contributed by atoms with Crippen LogP contribution in [0.3, 0.4) is 0 Å². The molecule has 0 radical (unpaired) electrons. The van der Waals surface area contributed by atoms with Gasteiger partial charge in [0.05, 0.1) is 17.2 Å². The fourth-order valence-electron chi connectivity index (χ4n) is 4.64. The molecule has 1 aromatic heterocycles. The highest BCUT2D eigenvalue weighted by Crippen LogP contribution is 2.41. The lowest BCUT2D eigenvalue weighted by Crippen LogP contribution is -2.45. The van der Waals surface area contributed by atoms with Crippen LogP contribution in [0, 0.1) is 17.2 Å². The molecule has 0 saturated carbocycles. The largest absolute Gasteiger partial charge is 0.494 e. The first-order chi connectivity index (χ1) is 19.0. The Morgan fingerprint density at radius 2 is 1.39 bits per heavy atom. The van der Waals surface area contributed by atoms with Crippen LogP contribution in [0.4, 0.5) is 0 Å². The average molecular weight is 558 g/mol. The molecule has 0 aliphatic carbocycles. The fraction of sp³-hybridized carbons (Fsp3) is 0.310. The number of ketones is 1. The standard InChI is InChI=1S/C29H27N5O7/c1-28(2,3)33-24(38)16-9-7-14(11-18(16)26(33)40)21(35)20(13-30)23(37)32-31-22(36)15-8-10-17-19(12-15)27(41)34(25(17)39)29(4,5)6/h7-12,20,39,41H,1-6H3/t20-/m0/s1. The maximum absolute atomic E-state index is 13.0. The Bertz CT molecular complexity index is 1750. The Labute approximate surface area is 234 Å². The Hall–Kier alpha value is -5.18. The van der Waals surface area contributed by atoms with Crippen LogP contribution in [0.15, 0.2) is 46.6 Å². The number of amides is 4. The molecule has 1 aliphatic rings. The van der Waals surface area contributed by atoms with E-state index in [1.807, 2.05) is 0 Å². The lowest BCUT2D eigenvalue weighted by atomic mass is 9.95. The normalized spacial score (nSPS) is 14.4. The molecule has 12 nitrogen and oxygen atoms in total. The van der Waals surface area contributed by atoms with Crippen molar-refractivity contribution < 1.29 is 34.2 Å². The summed E-state index contributed by atoms with van der Waals surface area (Å²) < 4.78 is 1.29. The van der Waals surface area contributed by atoms with E-state index in [2.05, 4.69) is 10.2 Å². The molecule has 41 heavy (non-hydrogen) atoms. The van der Waals surface area contributed by atoms with E-state index in [1.165, 1.54) is 34.9 Å². The van der Waals surface area contributed by atoms with Crippen LogP contribution in [0.25, 0.3) is 10.8 Å². The summed E-state index contributed by atoms with van der Waals surface area (Å²) in [5, 5.41) is 37.7. The zero-order valence-electron chi connectivity index (χ0n) is 23.2. The third-order valence-corrected chi connectivity index (χ3v) is 6.56. The summed E-state index contributed by atoms with van der Waals surface area (Å²) in [6.45, 7) is 10.4. The van der Waals surface area contributed by atoms with Gasteiger partial charge >= 0.3 is 0 Å². The maximum Gasteiger partial charge on any atom is 0.295 e. The van der Waals surface area contributed by atoms with Gasteiger partial charge in [-0.1, -0.05) is 6.07 Å². The second kappa shape index (κ2) is 9.78. The smallest absolute Gasteiger partial charge is 0.295 e. The lowest BCUT2D eigenvalue weighted by Gasteiger charge is -2.29. The van der Waals surface area contributed by atoms with Gasteiger partial charge in [-0.15, -0.1) is 10.2 Å². The van der Waals surface area contributed by atoms with Gasteiger partial charge in [0.25, 0.3) is 23.6 Å². The van der Waals surface area contributed by atoms with Crippen LogP contribution < -0.4 is 0 Å². The van der Waals surface area contributed by atoms with Gasteiger partial charge in [0.2, 0.25) is 11.8 Å². The summed E-state index contributed by atoms with van der Waals surface area (Å²) in [5.74, 6) is -6.82. The highest BCUT2D eigenvalue weighted by atomic mass is 16.3. The number of nitrogens with zero attached hydrogens (tertiary/aromatic N) is 5. The van der Waals surface area contributed by atoms with E-state index in [0.717, 1.165) is 11.0 Å². The minimum absolute atomic E-state index is 0.0262. The minimum Gasteiger partial charge on any atom is -0.494 e. The van der Waals surface area contributed by atoms with Crippen molar-refractivity contribution in [1.29, 1.82) is 5.26 Å². The number of carbonyl (C=O) groups excluding carboxylic acids is 5. The molecule has 210 valence electrons. The van der Waals surface area contributed by atoms with Crippen molar-refractivity contribution in [2.24, 2.45) is 16.1 Å². The minimum atomic E-state index is -1.96. The number of fused-ring (bicyclic) bond motifs is 2. The average Bonchev–Trinajstić information content (AvgIpc) is 3.30. The number of carbonyl (C=O) groups is 5. The van der Waals surface area contributed by atoms with Crippen molar-refractivity contribution in [2.75, 3.05) is 0 Å². The third kappa shape index (κ3) is 4.86. The summed E-state index contributed by atoms with van der Waals surface area (Å²) in [6.07, 6.45) is 0. The van der Waals surface area contributed by atoms with E-state index in [-0.39, 0.29) is 44.8 Å². The fourth-order valence-corrected chi connectivity index (χ4v) is 4.64. The van der Waals surface area contributed by atoms with Crippen molar-refractivity contribution in [3.63, 3.8) is 0 Å². The molecule has 1 aliphatic heterocycles. The molecule has 3 aromatic rings. The van der Waals surface area contributed by atoms with Gasteiger partial charge in [0.1, 0.15) is 0 Å². The van der Waals surface area contributed by atoms with Crippen LogP contribution in [0.5, 0.6) is 11.8 Å². The van der Waals surface area contributed by atoms with Crippen LogP contribution in [0.2, 0.25) is 0 Å². The molecule has 2 N–H and O–H groups in total. The Kier molecular flexibility index (Phi) is 6.87. The van der Waals surface area contributed by atoms with Crippen LogP contribution in [-0.4, -0.2) is 54.6 Å². The molecule has 2 aromatic carbocycles.